The fourth-order valence-electron chi connectivity index (χ4n) is 3.78. The lowest BCUT2D eigenvalue weighted by molar-refractivity contribution is 0.214. The van der Waals surface area contributed by atoms with Gasteiger partial charge < -0.3 is 0 Å². The Morgan fingerprint density at radius 3 is 2.59 bits per heavy atom. The van der Waals surface area contributed by atoms with Crippen LogP contribution in [0.1, 0.15) is 12.5 Å². The quantitative estimate of drug-likeness (QED) is 0.227. The summed E-state index contributed by atoms with van der Waals surface area (Å²) in [5, 5.41) is 9.86. The third-order valence-electron chi connectivity index (χ3n) is 5.39. The molecule has 3 aromatic carbocycles. The lowest BCUT2D eigenvalue weighted by Gasteiger charge is -2.13. The second-order valence-electron chi connectivity index (χ2n) is 7.72. The van der Waals surface area contributed by atoms with Crippen molar-refractivity contribution in [2.24, 2.45) is 0 Å². The van der Waals surface area contributed by atoms with E-state index in [9.17, 15) is 8.42 Å². The van der Waals surface area contributed by atoms with Crippen molar-refractivity contribution in [3.63, 3.8) is 0 Å². The summed E-state index contributed by atoms with van der Waals surface area (Å²) in [6.07, 6.45) is 7.68. The SMILES string of the molecule is C/C=C(\C=C/NO)Cc1cc(-c2cccc(NS(=O)(=O)c3ccccc3)c2)c2ncccc2c1. The molecule has 34 heavy (non-hydrogen) atoms. The number of allylic oxidation sites excluding steroid dienone is 3. The first kappa shape index (κ1) is 23.2. The van der Waals surface area contributed by atoms with Crippen LogP contribution in [0.5, 0.6) is 0 Å². The topological polar surface area (TPSA) is 91.3 Å². The summed E-state index contributed by atoms with van der Waals surface area (Å²) >= 11 is 0. The summed E-state index contributed by atoms with van der Waals surface area (Å²) in [6.45, 7) is 1.95. The molecule has 0 radical (unpaired) electrons. The van der Waals surface area contributed by atoms with E-state index in [1.165, 1.54) is 6.20 Å². The molecule has 0 unspecified atom stereocenters. The van der Waals surface area contributed by atoms with Gasteiger partial charge in [-0.15, -0.1) is 0 Å². The van der Waals surface area contributed by atoms with E-state index in [0.29, 0.717) is 12.1 Å². The van der Waals surface area contributed by atoms with Crippen molar-refractivity contribution in [2.45, 2.75) is 18.2 Å². The molecular weight excluding hydrogens is 446 g/mol. The molecule has 172 valence electrons. The normalized spacial score (nSPS) is 12.2. The second kappa shape index (κ2) is 10.3. The average molecular weight is 472 g/mol. The Balaban J connectivity index is 1.74. The van der Waals surface area contributed by atoms with E-state index in [1.54, 1.807) is 42.6 Å². The molecule has 1 heterocycles. The monoisotopic (exact) mass is 471 g/mol. The molecule has 0 atom stereocenters. The van der Waals surface area contributed by atoms with Gasteiger partial charge in [0.2, 0.25) is 0 Å². The summed E-state index contributed by atoms with van der Waals surface area (Å²) in [6, 6.07) is 23.7. The number of nitrogens with zero attached hydrogens (tertiary/aromatic N) is 1. The minimum atomic E-state index is -3.70. The average Bonchev–Trinajstić information content (AvgIpc) is 2.86. The molecule has 0 spiro atoms. The van der Waals surface area contributed by atoms with E-state index in [-0.39, 0.29) is 4.90 Å². The molecule has 0 bridgehead atoms. The fourth-order valence-corrected chi connectivity index (χ4v) is 4.85. The lowest BCUT2D eigenvalue weighted by atomic mass is 9.95. The number of rotatable bonds is 8. The summed E-state index contributed by atoms with van der Waals surface area (Å²) in [5.41, 5.74) is 7.21. The fraction of sp³-hybridized carbons (Fsp3) is 0.0741. The van der Waals surface area contributed by atoms with E-state index in [0.717, 1.165) is 33.2 Å². The largest absolute Gasteiger partial charge is 0.292 e. The van der Waals surface area contributed by atoms with Crippen molar-refractivity contribution in [2.75, 3.05) is 4.72 Å². The third-order valence-corrected chi connectivity index (χ3v) is 6.79. The van der Waals surface area contributed by atoms with Crippen LogP contribution in [0.25, 0.3) is 22.0 Å². The van der Waals surface area contributed by atoms with Crippen molar-refractivity contribution in [1.82, 2.24) is 10.5 Å². The zero-order valence-corrected chi connectivity index (χ0v) is 19.5. The van der Waals surface area contributed by atoms with Crippen LogP contribution in [-0.4, -0.2) is 18.6 Å². The molecule has 4 rings (SSSR count). The highest BCUT2D eigenvalue weighted by molar-refractivity contribution is 7.92. The third kappa shape index (κ3) is 5.33. The molecular formula is C27H25N3O3S. The van der Waals surface area contributed by atoms with Crippen LogP contribution in [0.4, 0.5) is 5.69 Å². The van der Waals surface area contributed by atoms with E-state index < -0.39 is 10.0 Å². The summed E-state index contributed by atoms with van der Waals surface area (Å²) < 4.78 is 28.3. The molecule has 0 saturated heterocycles. The molecule has 0 aliphatic rings. The maximum Gasteiger partial charge on any atom is 0.261 e. The van der Waals surface area contributed by atoms with Gasteiger partial charge >= 0.3 is 0 Å². The van der Waals surface area contributed by atoms with Crippen molar-refractivity contribution in [1.29, 1.82) is 0 Å². The predicted octanol–water partition coefficient (Wildman–Crippen LogP) is 5.68. The molecule has 7 heteroatoms. The number of benzene rings is 3. The number of anilines is 1. The molecule has 0 amide bonds. The summed E-state index contributed by atoms with van der Waals surface area (Å²) in [5.74, 6) is 0. The predicted molar refractivity (Wildman–Crippen MR) is 136 cm³/mol. The second-order valence-corrected chi connectivity index (χ2v) is 9.40. The molecule has 4 aromatic rings. The van der Waals surface area contributed by atoms with Crippen LogP contribution < -0.4 is 10.2 Å². The maximum absolute atomic E-state index is 12.8. The van der Waals surface area contributed by atoms with E-state index >= 15 is 0 Å². The number of hydroxylamine groups is 1. The maximum atomic E-state index is 12.8. The molecule has 0 fully saturated rings. The van der Waals surface area contributed by atoms with Crippen LogP contribution in [-0.2, 0) is 16.4 Å². The molecule has 0 aliphatic heterocycles. The van der Waals surface area contributed by atoms with Crippen molar-refractivity contribution in [3.8, 4) is 11.1 Å². The Morgan fingerprint density at radius 2 is 1.82 bits per heavy atom. The first-order valence-corrected chi connectivity index (χ1v) is 12.3. The van der Waals surface area contributed by atoms with Gasteiger partial charge in [-0.3, -0.25) is 20.4 Å². The number of hydrogen-bond donors (Lipinski definition) is 3. The minimum Gasteiger partial charge on any atom is -0.292 e. The number of hydrogen-bond acceptors (Lipinski definition) is 5. The van der Waals surface area contributed by atoms with Crippen LogP contribution in [0.3, 0.4) is 0 Å². The molecule has 3 N–H and O–H groups in total. The van der Waals surface area contributed by atoms with E-state index in [2.05, 4.69) is 21.8 Å². The van der Waals surface area contributed by atoms with Gasteiger partial charge in [-0.2, -0.15) is 0 Å². The Morgan fingerprint density at radius 1 is 1.00 bits per heavy atom. The van der Waals surface area contributed by atoms with Gasteiger partial charge in [-0.1, -0.05) is 42.5 Å². The van der Waals surface area contributed by atoms with Crippen molar-refractivity contribution < 1.29 is 13.6 Å². The number of fused-ring (bicyclic) bond motifs is 1. The molecule has 0 saturated carbocycles. The van der Waals surface area contributed by atoms with E-state index in [1.807, 2.05) is 54.9 Å². The number of aromatic nitrogens is 1. The van der Waals surface area contributed by atoms with Gasteiger partial charge in [0.15, 0.2) is 0 Å². The van der Waals surface area contributed by atoms with Gasteiger partial charge in [-0.25, -0.2) is 8.42 Å². The van der Waals surface area contributed by atoms with Crippen LogP contribution in [0, 0.1) is 0 Å². The van der Waals surface area contributed by atoms with Crippen LogP contribution >= 0.6 is 0 Å². The number of nitrogens with one attached hydrogen (secondary N) is 2. The Bertz CT molecular complexity index is 1460. The highest BCUT2D eigenvalue weighted by atomic mass is 32.2. The zero-order chi connectivity index (χ0) is 24.0. The summed E-state index contributed by atoms with van der Waals surface area (Å²) in [7, 11) is -3.70. The van der Waals surface area contributed by atoms with Gasteiger partial charge in [-0.05, 0) is 78.6 Å². The van der Waals surface area contributed by atoms with Crippen LogP contribution in [0.2, 0.25) is 0 Å². The highest BCUT2D eigenvalue weighted by Gasteiger charge is 2.15. The first-order valence-electron chi connectivity index (χ1n) is 10.8. The Kier molecular flexibility index (Phi) is 7.06. The smallest absolute Gasteiger partial charge is 0.261 e. The number of sulfonamides is 1. The van der Waals surface area contributed by atoms with Crippen LogP contribution in [0.15, 0.2) is 114 Å². The standard InChI is InChI=1S/C27H25N3O3S/c1-2-20(13-15-29-31)16-21-17-23-9-7-14-28-27(23)26(18-21)22-8-6-10-24(19-22)30-34(32,33)25-11-4-3-5-12-25/h2-15,17-19,29-31H,16H2,1H3/b15-13-,20-2+. The van der Waals surface area contributed by atoms with Crippen molar-refractivity contribution in [3.05, 3.63) is 115 Å². The van der Waals surface area contributed by atoms with Gasteiger partial charge in [0, 0.05) is 29.0 Å². The highest BCUT2D eigenvalue weighted by Crippen LogP contribution is 2.32. The zero-order valence-electron chi connectivity index (χ0n) is 18.6. The Labute approximate surface area is 199 Å². The molecule has 0 aliphatic carbocycles. The lowest BCUT2D eigenvalue weighted by Crippen LogP contribution is -2.12. The van der Waals surface area contributed by atoms with Gasteiger partial charge in [0.1, 0.15) is 0 Å². The van der Waals surface area contributed by atoms with Gasteiger partial charge in [0.05, 0.1) is 10.4 Å². The summed E-state index contributed by atoms with van der Waals surface area (Å²) in [4.78, 5) is 4.80. The minimum absolute atomic E-state index is 0.207. The van der Waals surface area contributed by atoms with Crippen molar-refractivity contribution >= 4 is 26.6 Å². The Hall–Kier alpha value is -3.94. The number of pyridine rings is 1. The van der Waals surface area contributed by atoms with Gasteiger partial charge in [0.25, 0.3) is 10.0 Å². The molecule has 1 aromatic heterocycles. The first-order chi connectivity index (χ1) is 16.5. The van der Waals surface area contributed by atoms with E-state index in [4.69, 9.17) is 5.21 Å². The molecule has 6 nitrogen and oxygen atoms in total.